The molecule has 8 heteroatoms. The van der Waals surface area contributed by atoms with E-state index in [1.54, 1.807) is 13.0 Å². The van der Waals surface area contributed by atoms with E-state index in [2.05, 4.69) is 4.72 Å². The van der Waals surface area contributed by atoms with E-state index in [4.69, 9.17) is 5.73 Å². The van der Waals surface area contributed by atoms with Crippen LogP contribution in [0.15, 0.2) is 34.6 Å². The summed E-state index contributed by atoms with van der Waals surface area (Å²) in [7, 11) is -7.08. The second-order valence-corrected chi connectivity index (χ2v) is 8.05. The van der Waals surface area contributed by atoms with E-state index in [0.717, 1.165) is 11.0 Å². The van der Waals surface area contributed by atoms with Crippen molar-refractivity contribution >= 4 is 25.5 Å². The second-order valence-electron chi connectivity index (χ2n) is 4.40. The van der Waals surface area contributed by atoms with Gasteiger partial charge in [0.05, 0.1) is 16.7 Å². The summed E-state index contributed by atoms with van der Waals surface area (Å²) in [5, 5.41) is 1.02. The van der Waals surface area contributed by atoms with Crippen molar-refractivity contribution < 1.29 is 16.8 Å². The molecule has 0 spiro atoms. The molecule has 0 amide bonds. The number of sulfone groups is 1. The van der Waals surface area contributed by atoms with Gasteiger partial charge in [0, 0.05) is 11.1 Å². The Kier molecular flexibility index (Phi) is 3.41. The molecule has 0 bridgehead atoms. The van der Waals surface area contributed by atoms with Crippen molar-refractivity contribution in [2.45, 2.75) is 17.9 Å². The van der Waals surface area contributed by atoms with E-state index in [9.17, 15) is 16.8 Å². The highest BCUT2D eigenvalue weighted by Crippen LogP contribution is 2.18. The summed E-state index contributed by atoms with van der Waals surface area (Å²) in [5.74, 6) is -0.256. The van der Waals surface area contributed by atoms with Crippen molar-refractivity contribution in [1.29, 1.82) is 0 Å². The lowest BCUT2D eigenvalue weighted by Gasteiger charge is -2.11. The molecule has 0 saturated heterocycles. The predicted octanol–water partition coefficient (Wildman–Crippen LogP) is 0.166. The average molecular weight is 302 g/mol. The molecule has 1 heterocycles. The topological polar surface area (TPSA) is 106 Å². The first kappa shape index (κ1) is 14.0. The van der Waals surface area contributed by atoms with E-state index in [1.165, 1.54) is 18.2 Å². The van der Waals surface area contributed by atoms with Crippen LogP contribution in [0.2, 0.25) is 0 Å². The van der Waals surface area contributed by atoms with Gasteiger partial charge in [0.2, 0.25) is 10.0 Å². The molecule has 0 aromatic heterocycles. The van der Waals surface area contributed by atoms with E-state index in [0.29, 0.717) is 5.69 Å². The highest BCUT2D eigenvalue weighted by molar-refractivity contribution is 7.94. The first-order chi connectivity index (χ1) is 8.70. The van der Waals surface area contributed by atoms with Crippen LogP contribution >= 0.6 is 0 Å². The van der Waals surface area contributed by atoms with Crippen molar-refractivity contribution in [2.75, 3.05) is 11.5 Å². The van der Waals surface area contributed by atoms with E-state index in [-0.39, 0.29) is 10.6 Å². The zero-order valence-electron chi connectivity index (χ0n) is 10.2. The Morgan fingerprint density at radius 1 is 1.37 bits per heavy atom. The predicted molar refractivity (Wildman–Crippen MR) is 72.6 cm³/mol. The van der Waals surface area contributed by atoms with Crippen molar-refractivity contribution in [3.05, 3.63) is 35.2 Å². The molecular formula is C11H14N2O4S2. The average Bonchev–Trinajstić information content (AvgIpc) is 2.61. The Labute approximate surface area is 112 Å². The molecule has 3 N–H and O–H groups in total. The van der Waals surface area contributed by atoms with Gasteiger partial charge in [-0.3, -0.25) is 0 Å². The first-order valence-corrected chi connectivity index (χ1v) is 8.69. The monoisotopic (exact) mass is 302 g/mol. The van der Waals surface area contributed by atoms with Crippen LogP contribution in [0.3, 0.4) is 0 Å². The van der Waals surface area contributed by atoms with E-state index in [1.807, 2.05) is 0 Å². The summed E-state index contributed by atoms with van der Waals surface area (Å²) in [5.41, 5.74) is 6.82. The molecule has 1 aromatic carbocycles. The van der Waals surface area contributed by atoms with Gasteiger partial charge in [-0.25, -0.2) is 21.6 Å². The highest BCUT2D eigenvalue weighted by Gasteiger charge is 2.26. The van der Waals surface area contributed by atoms with Gasteiger partial charge >= 0.3 is 0 Å². The Hall–Kier alpha value is -1.38. The fourth-order valence-corrected chi connectivity index (χ4v) is 4.27. The molecule has 1 aliphatic rings. The molecule has 104 valence electrons. The molecule has 0 saturated carbocycles. The number of sulfonamides is 1. The van der Waals surface area contributed by atoms with Gasteiger partial charge in [-0.2, -0.15) is 0 Å². The molecule has 0 aliphatic carbocycles. The van der Waals surface area contributed by atoms with Crippen LogP contribution in [-0.2, 0) is 19.9 Å². The summed E-state index contributed by atoms with van der Waals surface area (Å²) < 4.78 is 48.9. The van der Waals surface area contributed by atoms with Crippen LogP contribution in [0.5, 0.6) is 0 Å². The minimum absolute atomic E-state index is 0.0216. The van der Waals surface area contributed by atoms with E-state index < -0.39 is 25.9 Å². The number of nitrogen functional groups attached to an aromatic ring is 1. The van der Waals surface area contributed by atoms with Gasteiger partial charge in [0.1, 0.15) is 0 Å². The van der Waals surface area contributed by atoms with Gasteiger partial charge < -0.3 is 5.73 Å². The van der Waals surface area contributed by atoms with E-state index >= 15 is 0 Å². The number of aryl methyl sites for hydroxylation is 1. The maximum atomic E-state index is 12.1. The molecule has 6 nitrogen and oxygen atoms in total. The van der Waals surface area contributed by atoms with Crippen molar-refractivity contribution in [2.24, 2.45) is 0 Å². The van der Waals surface area contributed by atoms with Crippen molar-refractivity contribution in [3.8, 4) is 0 Å². The largest absolute Gasteiger partial charge is 0.398 e. The lowest BCUT2D eigenvalue weighted by Crippen LogP contribution is -2.35. The quantitative estimate of drug-likeness (QED) is 0.774. The second kappa shape index (κ2) is 4.62. The van der Waals surface area contributed by atoms with Crippen molar-refractivity contribution in [1.82, 2.24) is 4.72 Å². The fraction of sp³-hybridized carbons (Fsp3) is 0.273. The smallest absolute Gasteiger partial charge is 0.241 e. The number of nitrogens with one attached hydrogen (secondary N) is 1. The number of benzene rings is 1. The molecule has 1 aromatic rings. The molecule has 0 radical (unpaired) electrons. The Morgan fingerprint density at radius 2 is 2.05 bits per heavy atom. The molecule has 0 fully saturated rings. The third-order valence-corrected chi connectivity index (χ3v) is 5.68. The van der Waals surface area contributed by atoms with Crippen LogP contribution < -0.4 is 10.5 Å². The normalized spacial score (nSPS) is 21.6. The maximum absolute atomic E-state index is 12.1. The first-order valence-electron chi connectivity index (χ1n) is 5.49. The van der Waals surface area contributed by atoms with Gasteiger partial charge in [-0.05, 0) is 24.6 Å². The van der Waals surface area contributed by atoms with Gasteiger partial charge in [0.15, 0.2) is 9.84 Å². The van der Waals surface area contributed by atoms with Crippen LogP contribution in [-0.4, -0.2) is 28.6 Å². The molecule has 1 unspecified atom stereocenters. The number of rotatable bonds is 3. The standard InChI is InChI=1S/C11H14N2O4S2/c1-8-2-3-10(6-11(8)12)19(16,17)13-9-4-5-18(14,15)7-9/h2-6,9,13H,7,12H2,1H3. The summed E-state index contributed by atoms with van der Waals surface area (Å²) in [4.78, 5) is 0.0216. The minimum Gasteiger partial charge on any atom is -0.398 e. The van der Waals surface area contributed by atoms with Crippen LogP contribution in [0.4, 0.5) is 5.69 Å². The van der Waals surface area contributed by atoms with Gasteiger partial charge in [-0.1, -0.05) is 12.1 Å². The van der Waals surface area contributed by atoms with Crippen LogP contribution in [0.1, 0.15) is 5.56 Å². The number of anilines is 1. The summed E-state index contributed by atoms with van der Waals surface area (Å²) in [6.45, 7) is 1.77. The molecule has 1 aliphatic heterocycles. The Balaban J connectivity index is 2.24. The summed E-state index contributed by atoms with van der Waals surface area (Å²) in [6.07, 6.45) is 1.32. The van der Waals surface area contributed by atoms with Gasteiger partial charge in [-0.15, -0.1) is 0 Å². The SMILES string of the molecule is Cc1ccc(S(=O)(=O)NC2C=CS(=O)(=O)C2)cc1N. The zero-order valence-corrected chi connectivity index (χ0v) is 11.8. The molecule has 19 heavy (non-hydrogen) atoms. The zero-order chi connectivity index (χ0) is 14.3. The number of nitrogens with two attached hydrogens (primary N) is 1. The minimum atomic E-state index is -3.78. The molecule has 2 rings (SSSR count). The Morgan fingerprint density at radius 3 is 2.58 bits per heavy atom. The third kappa shape index (κ3) is 3.14. The molecular weight excluding hydrogens is 288 g/mol. The fourth-order valence-electron chi connectivity index (χ4n) is 1.70. The Bertz CT molecular complexity index is 736. The van der Waals surface area contributed by atoms with Gasteiger partial charge in [0.25, 0.3) is 0 Å². The van der Waals surface area contributed by atoms with Crippen molar-refractivity contribution in [3.63, 3.8) is 0 Å². The van der Waals surface area contributed by atoms with Crippen LogP contribution in [0.25, 0.3) is 0 Å². The van der Waals surface area contributed by atoms with Crippen LogP contribution in [0, 0.1) is 6.92 Å². The summed E-state index contributed by atoms with van der Waals surface area (Å²) >= 11 is 0. The lowest BCUT2D eigenvalue weighted by molar-refractivity contribution is 0.575. The number of hydrogen-bond acceptors (Lipinski definition) is 5. The summed E-state index contributed by atoms with van der Waals surface area (Å²) in [6, 6.07) is 3.65. The lowest BCUT2D eigenvalue weighted by atomic mass is 10.2. The third-order valence-electron chi connectivity index (χ3n) is 2.80. The maximum Gasteiger partial charge on any atom is 0.241 e. The highest BCUT2D eigenvalue weighted by atomic mass is 32.2. The molecule has 1 atom stereocenters. The number of hydrogen-bond donors (Lipinski definition) is 2.